The van der Waals surface area contributed by atoms with Crippen LogP contribution >= 0.6 is 0 Å². The summed E-state index contributed by atoms with van der Waals surface area (Å²) in [5.41, 5.74) is 0.415. The van der Waals surface area contributed by atoms with Gasteiger partial charge in [0.25, 0.3) is 0 Å². The minimum absolute atomic E-state index is 0.304. The molecule has 0 fully saturated rings. The zero-order valence-electron chi connectivity index (χ0n) is 12.6. The molecule has 0 saturated carbocycles. The van der Waals surface area contributed by atoms with Gasteiger partial charge in [0, 0.05) is 0 Å². The van der Waals surface area contributed by atoms with E-state index in [2.05, 4.69) is 0 Å². The number of fused-ring (bicyclic) bond motifs is 1. The summed E-state index contributed by atoms with van der Waals surface area (Å²) in [6, 6.07) is 16.3. The fourth-order valence-electron chi connectivity index (χ4n) is 2.28. The van der Waals surface area contributed by atoms with Crippen LogP contribution in [-0.4, -0.2) is 12.6 Å². The lowest BCUT2D eigenvalue weighted by Gasteiger charge is -2.07. The average Bonchev–Trinajstić information content (AvgIpc) is 2.56. The standard InChI is InChI=1S/C19H15FO3/c1-2-22-17-7-9-18(10-8-17)23-19(21)15-4-3-14-12-16(20)6-5-13(14)11-15/h3-12H,2H2,1H3. The van der Waals surface area contributed by atoms with Crippen LogP contribution < -0.4 is 9.47 Å². The molecule has 3 aromatic carbocycles. The molecule has 0 heterocycles. The first-order valence-corrected chi connectivity index (χ1v) is 7.30. The maximum atomic E-state index is 13.2. The highest BCUT2D eigenvalue weighted by Crippen LogP contribution is 2.21. The topological polar surface area (TPSA) is 35.5 Å². The van der Waals surface area contributed by atoms with E-state index in [4.69, 9.17) is 9.47 Å². The molecule has 3 aromatic rings. The molecule has 116 valence electrons. The third kappa shape index (κ3) is 3.48. The fourth-order valence-corrected chi connectivity index (χ4v) is 2.28. The summed E-state index contributed by atoms with van der Waals surface area (Å²) >= 11 is 0. The van der Waals surface area contributed by atoms with Crippen LogP contribution in [0.4, 0.5) is 4.39 Å². The molecule has 3 nitrogen and oxygen atoms in total. The predicted octanol–water partition coefficient (Wildman–Crippen LogP) is 4.60. The van der Waals surface area contributed by atoms with Gasteiger partial charge in [0.2, 0.25) is 0 Å². The van der Waals surface area contributed by atoms with Crippen molar-refractivity contribution in [3.8, 4) is 11.5 Å². The van der Waals surface area contributed by atoms with Gasteiger partial charge in [-0.25, -0.2) is 9.18 Å². The van der Waals surface area contributed by atoms with Crippen LogP contribution in [-0.2, 0) is 0 Å². The first kappa shape index (κ1) is 15.0. The summed E-state index contributed by atoms with van der Waals surface area (Å²) in [5, 5.41) is 1.52. The van der Waals surface area contributed by atoms with Crippen molar-refractivity contribution in [3.63, 3.8) is 0 Å². The molecule has 0 N–H and O–H groups in total. The zero-order valence-corrected chi connectivity index (χ0v) is 12.6. The number of ether oxygens (including phenoxy) is 2. The van der Waals surface area contributed by atoms with Gasteiger partial charge in [0.1, 0.15) is 17.3 Å². The minimum atomic E-state index is -0.458. The molecule has 0 aliphatic rings. The second kappa shape index (κ2) is 6.48. The van der Waals surface area contributed by atoms with E-state index in [1.807, 2.05) is 6.92 Å². The van der Waals surface area contributed by atoms with Crippen molar-refractivity contribution >= 4 is 16.7 Å². The number of benzene rings is 3. The lowest BCUT2D eigenvalue weighted by molar-refractivity contribution is 0.0735. The Hall–Kier alpha value is -2.88. The van der Waals surface area contributed by atoms with Crippen LogP contribution in [0.1, 0.15) is 17.3 Å². The second-order valence-electron chi connectivity index (χ2n) is 5.00. The van der Waals surface area contributed by atoms with Gasteiger partial charge in [-0.1, -0.05) is 12.1 Å². The van der Waals surface area contributed by atoms with Gasteiger partial charge in [-0.05, 0) is 66.2 Å². The van der Waals surface area contributed by atoms with E-state index in [-0.39, 0.29) is 5.82 Å². The molecule has 0 radical (unpaired) electrons. The van der Waals surface area contributed by atoms with Crippen molar-refractivity contribution in [3.05, 3.63) is 72.0 Å². The van der Waals surface area contributed by atoms with Gasteiger partial charge in [0.05, 0.1) is 12.2 Å². The summed E-state index contributed by atoms with van der Waals surface area (Å²) < 4.78 is 23.8. The molecular formula is C19H15FO3. The van der Waals surface area contributed by atoms with Crippen LogP contribution in [0.25, 0.3) is 10.8 Å². The first-order valence-electron chi connectivity index (χ1n) is 7.30. The zero-order chi connectivity index (χ0) is 16.2. The quantitative estimate of drug-likeness (QED) is 0.522. The van der Waals surface area contributed by atoms with Gasteiger partial charge in [0.15, 0.2) is 0 Å². The molecule has 0 aliphatic carbocycles. The van der Waals surface area contributed by atoms with E-state index in [0.29, 0.717) is 17.9 Å². The number of hydrogen-bond acceptors (Lipinski definition) is 3. The minimum Gasteiger partial charge on any atom is -0.494 e. The molecule has 4 heteroatoms. The smallest absolute Gasteiger partial charge is 0.343 e. The summed E-state index contributed by atoms with van der Waals surface area (Å²) in [6.45, 7) is 2.48. The number of esters is 1. The molecule has 0 bridgehead atoms. The normalized spacial score (nSPS) is 10.5. The first-order chi connectivity index (χ1) is 11.2. The molecule has 0 saturated heterocycles. The Balaban J connectivity index is 1.78. The lowest BCUT2D eigenvalue weighted by Crippen LogP contribution is -2.08. The third-order valence-electron chi connectivity index (χ3n) is 3.38. The largest absolute Gasteiger partial charge is 0.494 e. The van der Waals surface area contributed by atoms with Crippen molar-refractivity contribution < 1.29 is 18.7 Å². The van der Waals surface area contributed by atoms with E-state index in [9.17, 15) is 9.18 Å². The Morgan fingerprint density at radius 2 is 1.57 bits per heavy atom. The summed E-state index contributed by atoms with van der Waals surface area (Å²) in [5.74, 6) is 0.403. The summed E-state index contributed by atoms with van der Waals surface area (Å²) in [7, 11) is 0. The molecule has 3 rings (SSSR count). The fraction of sp³-hybridized carbons (Fsp3) is 0.105. The SMILES string of the molecule is CCOc1ccc(OC(=O)c2ccc3cc(F)ccc3c2)cc1. The third-order valence-corrected chi connectivity index (χ3v) is 3.38. The van der Waals surface area contributed by atoms with Gasteiger partial charge < -0.3 is 9.47 Å². The van der Waals surface area contributed by atoms with Gasteiger partial charge in [-0.2, -0.15) is 0 Å². The van der Waals surface area contributed by atoms with Crippen LogP contribution in [0.2, 0.25) is 0 Å². The number of rotatable bonds is 4. The van der Waals surface area contributed by atoms with Crippen molar-refractivity contribution in [2.75, 3.05) is 6.61 Å². The van der Waals surface area contributed by atoms with Gasteiger partial charge in [-0.3, -0.25) is 0 Å². The maximum absolute atomic E-state index is 13.2. The molecule has 23 heavy (non-hydrogen) atoms. The highest BCUT2D eigenvalue weighted by molar-refractivity contribution is 5.96. The number of carbonyl (C=O) groups excluding carboxylic acids is 1. The Labute approximate surface area is 133 Å². The number of hydrogen-bond donors (Lipinski definition) is 0. The molecule has 0 aliphatic heterocycles. The van der Waals surface area contributed by atoms with Crippen molar-refractivity contribution in [1.29, 1.82) is 0 Å². The Morgan fingerprint density at radius 1 is 0.913 bits per heavy atom. The molecule has 0 unspecified atom stereocenters. The van der Waals surface area contributed by atoms with Crippen molar-refractivity contribution in [1.82, 2.24) is 0 Å². The molecule has 0 atom stereocenters. The average molecular weight is 310 g/mol. The van der Waals surface area contributed by atoms with Crippen LogP contribution in [0.15, 0.2) is 60.7 Å². The Bertz CT molecular complexity index is 841. The van der Waals surface area contributed by atoms with Crippen LogP contribution in [0.3, 0.4) is 0 Å². The van der Waals surface area contributed by atoms with Gasteiger partial charge in [-0.15, -0.1) is 0 Å². The van der Waals surface area contributed by atoms with Crippen molar-refractivity contribution in [2.45, 2.75) is 6.92 Å². The predicted molar refractivity (Wildman–Crippen MR) is 86.5 cm³/mol. The van der Waals surface area contributed by atoms with Crippen molar-refractivity contribution in [2.24, 2.45) is 0 Å². The number of halogens is 1. The highest BCUT2D eigenvalue weighted by atomic mass is 19.1. The van der Waals surface area contributed by atoms with Gasteiger partial charge >= 0.3 is 5.97 Å². The lowest BCUT2D eigenvalue weighted by atomic mass is 10.1. The van der Waals surface area contributed by atoms with E-state index >= 15 is 0 Å². The summed E-state index contributed by atoms with van der Waals surface area (Å²) in [4.78, 5) is 12.2. The van der Waals surface area contributed by atoms with E-state index < -0.39 is 5.97 Å². The Morgan fingerprint density at radius 3 is 2.30 bits per heavy atom. The maximum Gasteiger partial charge on any atom is 0.343 e. The van der Waals surface area contributed by atoms with Crippen LogP contribution in [0.5, 0.6) is 11.5 Å². The van der Waals surface area contributed by atoms with E-state index in [0.717, 1.165) is 16.5 Å². The van der Waals surface area contributed by atoms with E-state index in [1.54, 1.807) is 48.5 Å². The molecule has 0 amide bonds. The molecule has 0 spiro atoms. The van der Waals surface area contributed by atoms with Crippen LogP contribution in [0, 0.1) is 5.82 Å². The summed E-state index contributed by atoms with van der Waals surface area (Å²) in [6.07, 6.45) is 0. The second-order valence-corrected chi connectivity index (χ2v) is 5.00. The monoisotopic (exact) mass is 310 g/mol. The molecule has 0 aromatic heterocycles. The van der Waals surface area contributed by atoms with E-state index in [1.165, 1.54) is 12.1 Å². The Kier molecular flexibility index (Phi) is 4.24. The highest BCUT2D eigenvalue weighted by Gasteiger charge is 2.10. The molecular weight excluding hydrogens is 295 g/mol. The number of carbonyl (C=O) groups is 1.